The number of thiocarbonyl (C=S) groups is 1. The van der Waals surface area contributed by atoms with Gasteiger partial charge < -0.3 is 10.4 Å². The van der Waals surface area contributed by atoms with Crippen LogP contribution in [-0.4, -0.2) is 16.1 Å². The molecule has 1 saturated heterocycles. The van der Waals surface area contributed by atoms with Gasteiger partial charge in [0, 0.05) is 0 Å². The van der Waals surface area contributed by atoms with Crippen LogP contribution < -0.4 is 10.2 Å². The molecule has 2 aromatic rings. The van der Waals surface area contributed by atoms with E-state index in [2.05, 4.69) is 5.32 Å². The second kappa shape index (κ2) is 6.09. The molecule has 2 N–H and O–H groups in total. The van der Waals surface area contributed by atoms with Gasteiger partial charge in [0.25, 0.3) is 5.91 Å². The van der Waals surface area contributed by atoms with Crippen LogP contribution in [0.1, 0.15) is 22.3 Å². The number of hydrogen-bond acceptors (Lipinski definition) is 3. The number of carbonyl (C=O) groups excluding carboxylic acids is 1. The number of benzene rings is 2. The number of para-hydroxylation sites is 1. The summed E-state index contributed by atoms with van der Waals surface area (Å²) in [6.45, 7) is 5.61. The molecule has 0 aliphatic carbocycles. The van der Waals surface area contributed by atoms with E-state index in [1.165, 1.54) is 4.90 Å². The van der Waals surface area contributed by atoms with Gasteiger partial charge in [0.15, 0.2) is 5.11 Å². The molecule has 0 atom stereocenters. The summed E-state index contributed by atoms with van der Waals surface area (Å²) in [4.78, 5) is 14.3. The maximum atomic E-state index is 12.8. The zero-order valence-corrected chi connectivity index (χ0v) is 14.6. The summed E-state index contributed by atoms with van der Waals surface area (Å²) in [7, 11) is 0. The fourth-order valence-electron chi connectivity index (χ4n) is 2.81. The lowest BCUT2D eigenvalue weighted by Gasteiger charge is -2.16. The van der Waals surface area contributed by atoms with Gasteiger partial charge in [-0.3, -0.25) is 9.69 Å². The van der Waals surface area contributed by atoms with Crippen LogP contribution in [0.3, 0.4) is 0 Å². The Balaban J connectivity index is 1.99. The van der Waals surface area contributed by atoms with E-state index in [-0.39, 0.29) is 11.7 Å². The number of rotatable bonds is 2. The molecule has 1 fully saturated rings. The first-order valence-electron chi connectivity index (χ1n) is 7.61. The van der Waals surface area contributed by atoms with Crippen LogP contribution in [-0.2, 0) is 4.79 Å². The highest BCUT2D eigenvalue weighted by Crippen LogP contribution is 2.27. The predicted molar refractivity (Wildman–Crippen MR) is 100.0 cm³/mol. The Labute approximate surface area is 146 Å². The van der Waals surface area contributed by atoms with Gasteiger partial charge in [0.1, 0.15) is 11.4 Å². The van der Waals surface area contributed by atoms with Gasteiger partial charge in [0.2, 0.25) is 0 Å². The van der Waals surface area contributed by atoms with E-state index in [1.54, 1.807) is 6.08 Å². The minimum atomic E-state index is -0.183. The van der Waals surface area contributed by atoms with Crippen molar-refractivity contribution in [2.24, 2.45) is 0 Å². The summed E-state index contributed by atoms with van der Waals surface area (Å²) in [6, 6.07) is 11.3. The molecule has 0 bridgehead atoms. The van der Waals surface area contributed by atoms with Crippen molar-refractivity contribution in [3.63, 3.8) is 0 Å². The molecule has 3 rings (SSSR count). The molecule has 24 heavy (non-hydrogen) atoms. The summed E-state index contributed by atoms with van der Waals surface area (Å²) >= 11 is 5.34. The molecule has 0 spiro atoms. The van der Waals surface area contributed by atoms with E-state index < -0.39 is 0 Å². The number of nitrogens with one attached hydrogen (secondary N) is 1. The van der Waals surface area contributed by atoms with Gasteiger partial charge in [-0.2, -0.15) is 0 Å². The van der Waals surface area contributed by atoms with E-state index in [4.69, 9.17) is 12.2 Å². The summed E-state index contributed by atoms with van der Waals surface area (Å²) in [5.74, 6) is 0.0950. The number of aromatic hydroxyl groups is 1. The number of anilines is 1. The third kappa shape index (κ3) is 2.78. The van der Waals surface area contributed by atoms with Crippen molar-refractivity contribution in [3.8, 4) is 5.75 Å². The van der Waals surface area contributed by atoms with Gasteiger partial charge in [-0.1, -0.05) is 18.2 Å². The Kier molecular flexibility index (Phi) is 4.11. The second-order valence-electron chi connectivity index (χ2n) is 5.92. The molecule has 1 amide bonds. The van der Waals surface area contributed by atoms with Crippen LogP contribution in [0.4, 0.5) is 5.69 Å². The van der Waals surface area contributed by atoms with Gasteiger partial charge in [-0.15, -0.1) is 0 Å². The predicted octanol–water partition coefficient (Wildman–Crippen LogP) is 3.58. The first kappa shape index (κ1) is 16.2. The fraction of sp³-hybridized carbons (Fsp3) is 0.158. The Hall–Kier alpha value is -2.66. The van der Waals surface area contributed by atoms with Crippen molar-refractivity contribution in [3.05, 3.63) is 64.3 Å². The van der Waals surface area contributed by atoms with Crippen molar-refractivity contribution < 1.29 is 9.90 Å². The number of nitrogens with zero attached hydrogens (tertiary/aromatic N) is 1. The molecule has 0 radical (unpaired) electrons. The molecular weight excluding hydrogens is 320 g/mol. The molecule has 1 aliphatic rings. The minimum absolute atomic E-state index is 0.183. The molecule has 0 aromatic heterocycles. The first-order chi connectivity index (χ1) is 11.4. The van der Waals surface area contributed by atoms with Crippen LogP contribution in [0.25, 0.3) is 6.08 Å². The summed E-state index contributed by atoms with van der Waals surface area (Å²) in [6.07, 6.45) is 1.76. The maximum absolute atomic E-state index is 12.8. The molecular formula is C19H18N2O2S. The SMILES string of the molecule is Cc1ccccc1N1C(=O)C(=Cc2cc(C)c(O)c(C)c2)NC1=S. The smallest absolute Gasteiger partial charge is 0.281 e. The zero-order chi connectivity index (χ0) is 17.4. The van der Waals surface area contributed by atoms with Crippen molar-refractivity contribution in [1.82, 2.24) is 5.32 Å². The van der Waals surface area contributed by atoms with E-state index in [1.807, 2.05) is 57.2 Å². The van der Waals surface area contributed by atoms with Gasteiger partial charge >= 0.3 is 0 Å². The van der Waals surface area contributed by atoms with Gasteiger partial charge in [-0.05, 0) is 79.5 Å². The van der Waals surface area contributed by atoms with E-state index in [9.17, 15) is 9.90 Å². The quantitative estimate of drug-likeness (QED) is 0.649. The average molecular weight is 338 g/mol. The van der Waals surface area contributed by atoms with E-state index in [0.717, 1.165) is 27.9 Å². The third-order valence-electron chi connectivity index (χ3n) is 4.06. The van der Waals surface area contributed by atoms with Gasteiger partial charge in [0.05, 0.1) is 5.69 Å². The normalized spacial score (nSPS) is 16.0. The number of phenolic OH excluding ortho intramolecular Hbond substituents is 1. The molecule has 0 saturated carbocycles. The lowest BCUT2D eigenvalue weighted by molar-refractivity contribution is -0.113. The Morgan fingerprint density at radius 2 is 1.71 bits per heavy atom. The van der Waals surface area contributed by atoms with Crippen LogP contribution in [0, 0.1) is 20.8 Å². The second-order valence-corrected chi connectivity index (χ2v) is 6.31. The van der Waals surface area contributed by atoms with E-state index in [0.29, 0.717) is 10.8 Å². The van der Waals surface area contributed by atoms with Crippen molar-refractivity contribution in [2.45, 2.75) is 20.8 Å². The largest absolute Gasteiger partial charge is 0.507 e. The molecule has 1 aliphatic heterocycles. The van der Waals surface area contributed by atoms with Crippen LogP contribution in [0.15, 0.2) is 42.1 Å². The lowest BCUT2D eigenvalue weighted by Crippen LogP contribution is -2.30. The fourth-order valence-corrected chi connectivity index (χ4v) is 3.10. The summed E-state index contributed by atoms with van der Waals surface area (Å²) in [5, 5.41) is 13.2. The molecule has 122 valence electrons. The van der Waals surface area contributed by atoms with E-state index >= 15 is 0 Å². The van der Waals surface area contributed by atoms with Gasteiger partial charge in [-0.25, -0.2) is 0 Å². The highest BCUT2D eigenvalue weighted by molar-refractivity contribution is 7.80. The molecule has 2 aromatic carbocycles. The molecule has 1 heterocycles. The molecule has 0 unspecified atom stereocenters. The standard InChI is InChI=1S/C19H18N2O2S/c1-11-6-4-5-7-16(11)21-18(23)15(20-19(21)24)10-14-8-12(2)17(22)13(3)9-14/h4-10,22H,1-3H3,(H,20,24). The third-order valence-corrected chi connectivity index (χ3v) is 4.34. The highest BCUT2D eigenvalue weighted by atomic mass is 32.1. The number of amides is 1. The summed E-state index contributed by atoms with van der Waals surface area (Å²) in [5.41, 5.74) is 4.56. The van der Waals surface area contributed by atoms with Crippen molar-refractivity contribution in [1.29, 1.82) is 0 Å². The number of hydrogen-bond donors (Lipinski definition) is 2. The Bertz CT molecular complexity index is 864. The van der Waals surface area contributed by atoms with Crippen LogP contribution in [0.2, 0.25) is 0 Å². The summed E-state index contributed by atoms with van der Waals surface area (Å²) < 4.78 is 0. The van der Waals surface area contributed by atoms with Crippen molar-refractivity contribution in [2.75, 3.05) is 4.90 Å². The van der Waals surface area contributed by atoms with Crippen LogP contribution in [0.5, 0.6) is 5.75 Å². The molecule has 4 nitrogen and oxygen atoms in total. The number of phenols is 1. The monoisotopic (exact) mass is 338 g/mol. The Morgan fingerprint density at radius 3 is 2.33 bits per heavy atom. The zero-order valence-electron chi connectivity index (χ0n) is 13.8. The maximum Gasteiger partial charge on any atom is 0.281 e. The minimum Gasteiger partial charge on any atom is -0.507 e. The van der Waals surface area contributed by atoms with Crippen molar-refractivity contribution >= 4 is 35.0 Å². The average Bonchev–Trinajstić information content (AvgIpc) is 2.80. The van der Waals surface area contributed by atoms with Crippen LogP contribution >= 0.6 is 12.2 Å². The first-order valence-corrected chi connectivity index (χ1v) is 8.02. The highest BCUT2D eigenvalue weighted by Gasteiger charge is 2.32. The number of aryl methyl sites for hydroxylation is 3. The molecule has 5 heteroatoms. The number of carbonyl (C=O) groups is 1. The lowest BCUT2D eigenvalue weighted by atomic mass is 10.0. The topological polar surface area (TPSA) is 52.6 Å². The Morgan fingerprint density at radius 1 is 1.08 bits per heavy atom.